The first-order chi connectivity index (χ1) is 9.38. The first-order valence-electron chi connectivity index (χ1n) is 6.95. The Hall–Kier alpha value is -0.550. The average molecular weight is 350 g/mol. The zero-order chi connectivity index (χ0) is 14.8. The molecule has 1 aromatic carbocycles. The molecule has 5 heteroatoms. The molecule has 0 heterocycles. The number of benzene rings is 1. The summed E-state index contributed by atoms with van der Waals surface area (Å²) in [6.45, 7) is 2.00. The van der Waals surface area contributed by atoms with Gasteiger partial charge in [0.1, 0.15) is 0 Å². The van der Waals surface area contributed by atoms with E-state index in [9.17, 15) is 13.2 Å². The minimum absolute atomic E-state index is 0.0440. The Morgan fingerprint density at radius 2 is 1.95 bits per heavy atom. The Morgan fingerprint density at radius 3 is 2.60 bits per heavy atom. The lowest BCUT2D eigenvalue weighted by atomic mass is 9.85. The van der Waals surface area contributed by atoms with E-state index < -0.39 is 12.1 Å². The predicted octanol–water partition coefficient (Wildman–Crippen LogP) is 5.22. The molecule has 1 aromatic rings. The Balaban J connectivity index is 1.98. The third kappa shape index (κ3) is 3.98. The smallest absolute Gasteiger partial charge is 0.307 e. The fraction of sp³-hybridized carbons (Fsp3) is 0.600. The van der Waals surface area contributed by atoms with Crippen LogP contribution in [0.2, 0.25) is 0 Å². The van der Waals surface area contributed by atoms with Gasteiger partial charge >= 0.3 is 6.18 Å². The quantitative estimate of drug-likeness (QED) is 0.788. The summed E-state index contributed by atoms with van der Waals surface area (Å²) in [4.78, 5) is 0. The fourth-order valence-corrected chi connectivity index (χ4v) is 3.54. The third-order valence-electron chi connectivity index (χ3n) is 3.99. The molecule has 20 heavy (non-hydrogen) atoms. The molecule has 3 atom stereocenters. The average Bonchev–Trinajstić information content (AvgIpc) is 2.38. The molecule has 1 aliphatic rings. The molecule has 0 bridgehead atoms. The molecule has 0 aliphatic heterocycles. The maximum atomic E-state index is 12.8. The maximum Gasteiger partial charge on any atom is 0.391 e. The van der Waals surface area contributed by atoms with E-state index in [1.165, 1.54) is 0 Å². The first kappa shape index (κ1) is 15.8. The van der Waals surface area contributed by atoms with Gasteiger partial charge in [0.2, 0.25) is 0 Å². The van der Waals surface area contributed by atoms with Crippen LogP contribution in [0.15, 0.2) is 28.7 Å². The highest BCUT2D eigenvalue weighted by Crippen LogP contribution is 2.38. The molecule has 1 fully saturated rings. The number of hydrogen-bond donors (Lipinski definition) is 1. The second kappa shape index (κ2) is 6.48. The Labute approximate surface area is 126 Å². The molecular formula is C15H19BrF3N. The van der Waals surface area contributed by atoms with Crippen molar-refractivity contribution in [2.75, 3.05) is 0 Å². The standard InChI is InChI=1S/C15H19BrF3N/c1-10(13-7-2-3-8-14(13)16)20-12-6-4-5-11(9-12)15(17,18)19/h2-3,7-8,10-12,20H,4-6,9H2,1H3/t10-,11?,12?/m0/s1. The minimum Gasteiger partial charge on any atom is -0.307 e. The van der Waals surface area contributed by atoms with Crippen molar-refractivity contribution in [2.45, 2.75) is 50.9 Å². The van der Waals surface area contributed by atoms with E-state index >= 15 is 0 Å². The normalized spacial score (nSPS) is 25.4. The number of nitrogens with one attached hydrogen (secondary N) is 1. The minimum atomic E-state index is -4.06. The van der Waals surface area contributed by atoms with Crippen LogP contribution in [0.4, 0.5) is 13.2 Å². The lowest BCUT2D eigenvalue weighted by Crippen LogP contribution is -2.39. The summed E-state index contributed by atoms with van der Waals surface area (Å²) in [6, 6.07) is 7.80. The molecule has 0 radical (unpaired) electrons. The highest BCUT2D eigenvalue weighted by molar-refractivity contribution is 9.10. The fourth-order valence-electron chi connectivity index (χ4n) is 2.91. The second-order valence-corrected chi connectivity index (χ2v) is 6.37. The molecule has 112 valence electrons. The maximum absolute atomic E-state index is 12.8. The topological polar surface area (TPSA) is 12.0 Å². The highest BCUT2D eigenvalue weighted by atomic mass is 79.9. The lowest BCUT2D eigenvalue weighted by Gasteiger charge is -2.33. The largest absolute Gasteiger partial charge is 0.391 e. The lowest BCUT2D eigenvalue weighted by molar-refractivity contribution is -0.183. The van der Waals surface area contributed by atoms with Crippen LogP contribution in [-0.4, -0.2) is 12.2 Å². The van der Waals surface area contributed by atoms with Gasteiger partial charge in [-0.2, -0.15) is 13.2 Å². The van der Waals surface area contributed by atoms with Gasteiger partial charge in [-0.3, -0.25) is 0 Å². The molecule has 2 rings (SSSR count). The molecule has 2 unspecified atom stereocenters. The van der Waals surface area contributed by atoms with Crippen LogP contribution in [0.1, 0.15) is 44.2 Å². The van der Waals surface area contributed by atoms with E-state index in [2.05, 4.69) is 21.2 Å². The summed E-state index contributed by atoms with van der Waals surface area (Å²) < 4.78 is 39.4. The van der Waals surface area contributed by atoms with E-state index in [0.717, 1.165) is 16.5 Å². The molecule has 1 N–H and O–H groups in total. The van der Waals surface area contributed by atoms with Gasteiger partial charge in [0.15, 0.2) is 0 Å². The molecule has 1 aliphatic carbocycles. The van der Waals surface area contributed by atoms with Crippen LogP contribution in [-0.2, 0) is 0 Å². The van der Waals surface area contributed by atoms with Crippen LogP contribution in [0.5, 0.6) is 0 Å². The van der Waals surface area contributed by atoms with Crippen LogP contribution in [0.25, 0.3) is 0 Å². The van der Waals surface area contributed by atoms with E-state index in [4.69, 9.17) is 0 Å². The van der Waals surface area contributed by atoms with E-state index in [-0.39, 0.29) is 24.9 Å². The van der Waals surface area contributed by atoms with Gasteiger partial charge < -0.3 is 5.32 Å². The van der Waals surface area contributed by atoms with Crippen molar-refractivity contribution >= 4 is 15.9 Å². The Morgan fingerprint density at radius 1 is 1.25 bits per heavy atom. The summed E-state index contributed by atoms with van der Waals surface area (Å²) >= 11 is 3.49. The van der Waals surface area contributed by atoms with Gasteiger partial charge in [0.05, 0.1) is 5.92 Å². The van der Waals surface area contributed by atoms with Gasteiger partial charge in [-0.1, -0.05) is 40.5 Å². The van der Waals surface area contributed by atoms with Crippen molar-refractivity contribution in [3.8, 4) is 0 Å². The van der Waals surface area contributed by atoms with E-state index in [1.54, 1.807) is 0 Å². The van der Waals surface area contributed by atoms with E-state index in [0.29, 0.717) is 6.42 Å². The highest BCUT2D eigenvalue weighted by Gasteiger charge is 2.42. The van der Waals surface area contributed by atoms with Gasteiger partial charge in [0.25, 0.3) is 0 Å². The molecule has 0 aromatic heterocycles. The van der Waals surface area contributed by atoms with Crippen molar-refractivity contribution in [2.24, 2.45) is 5.92 Å². The summed E-state index contributed by atoms with van der Waals surface area (Å²) in [5, 5.41) is 3.35. The zero-order valence-corrected chi connectivity index (χ0v) is 13.0. The molecule has 0 saturated heterocycles. The Bertz CT molecular complexity index is 447. The number of alkyl halides is 3. The van der Waals surface area contributed by atoms with Crippen LogP contribution in [0.3, 0.4) is 0 Å². The summed E-state index contributed by atoms with van der Waals surface area (Å²) in [5.41, 5.74) is 1.08. The SMILES string of the molecule is C[C@H](NC1CCCC(C(F)(F)F)C1)c1ccccc1Br. The molecule has 1 saturated carbocycles. The monoisotopic (exact) mass is 349 g/mol. The van der Waals surface area contributed by atoms with E-state index in [1.807, 2.05) is 31.2 Å². The van der Waals surface area contributed by atoms with Gasteiger partial charge in [-0.15, -0.1) is 0 Å². The zero-order valence-electron chi connectivity index (χ0n) is 11.4. The van der Waals surface area contributed by atoms with Crippen LogP contribution in [0, 0.1) is 5.92 Å². The van der Waals surface area contributed by atoms with Gasteiger partial charge in [-0.05, 0) is 37.8 Å². The number of hydrogen-bond acceptors (Lipinski definition) is 1. The van der Waals surface area contributed by atoms with Crippen LogP contribution < -0.4 is 5.32 Å². The summed E-state index contributed by atoms with van der Waals surface area (Å²) in [6.07, 6.45) is -2.13. The predicted molar refractivity (Wildman–Crippen MR) is 77.5 cm³/mol. The van der Waals surface area contributed by atoms with Gasteiger partial charge in [-0.25, -0.2) is 0 Å². The molecule has 1 nitrogen and oxygen atoms in total. The summed E-state index contributed by atoms with van der Waals surface area (Å²) in [5.74, 6) is -1.15. The van der Waals surface area contributed by atoms with Crippen LogP contribution >= 0.6 is 15.9 Å². The van der Waals surface area contributed by atoms with Gasteiger partial charge in [0, 0.05) is 16.6 Å². The molecule has 0 amide bonds. The van der Waals surface area contributed by atoms with Crippen molar-refractivity contribution < 1.29 is 13.2 Å². The molecular weight excluding hydrogens is 331 g/mol. The second-order valence-electron chi connectivity index (χ2n) is 5.51. The third-order valence-corrected chi connectivity index (χ3v) is 4.72. The first-order valence-corrected chi connectivity index (χ1v) is 7.74. The molecule has 0 spiro atoms. The Kier molecular flexibility index (Phi) is 5.13. The number of halogens is 4. The number of rotatable bonds is 3. The van der Waals surface area contributed by atoms with Crippen molar-refractivity contribution in [3.05, 3.63) is 34.3 Å². The van der Waals surface area contributed by atoms with Crippen molar-refractivity contribution in [1.29, 1.82) is 0 Å². The van der Waals surface area contributed by atoms with Crippen molar-refractivity contribution in [3.63, 3.8) is 0 Å². The summed E-state index contributed by atoms with van der Waals surface area (Å²) in [7, 11) is 0. The van der Waals surface area contributed by atoms with Crippen molar-refractivity contribution in [1.82, 2.24) is 5.32 Å².